The summed E-state index contributed by atoms with van der Waals surface area (Å²) >= 11 is 0. The van der Waals surface area contributed by atoms with Gasteiger partial charge in [-0.2, -0.15) is 9.78 Å². The van der Waals surface area contributed by atoms with Gasteiger partial charge in [-0.1, -0.05) is 19.9 Å². The number of rotatable bonds is 2. The van der Waals surface area contributed by atoms with Crippen LogP contribution in [0.25, 0.3) is 5.95 Å². The second-order valence-corrected chi connectivity index (χ2v) is 9.04. The number of ketones is 1. The molecule has 0 spiro atoms. The molecule has 0 saturated heterocycles. The van der Waals surface area contributed by atoms with E-state index in [2.05, 4.69) is 35.2 Å². The molecule has 2 aliphatic rings. The Morgan fingerprint density at radius 1 is 1.17 bits per heavy atom. The first kappa shape index (κ1) is 18.8. The SMILES string of the molecule is Cc1cc(C)nc(-n2nc(C)c3c2NC2=CC(C)(C)CC(=O)[C@H]2[C@@H]3c2ccco2)n1. The van der Waals surface area contributed by atoms with Gasteiger partial charge in [0, 0.05) is 29.1 Å². The molecular formula is C23H25N5O2. The molecule has 0 amide bonds. The molecule has 0 fully saturated rings. The van der Waals surface area contributed by atoms with Crippen LogP contribution in [0.5, 0.6) is 0 Å². The van der Waals surface area contributed by atoms with E-state index in [0.29, 0.717) is 12.4 Å². The Kier molecular flexibility index (Phi) is 4.00. The second-order valence-electron chi connectivity index (χ2n) is 9.04. The molecule has 30 heavy (non-hydrogen) atoms. The lowest BCUT2D eigenvalue weighted by atomic mass is 9.68. The largest absolute Gasteiger partial charge is 0.469 e. The van der Waals surface area contributed by atoms with Crippen LogP contribution in [0.3, 0.4) is 0 Å². The number of aromatic nitrogens is 4. The molecule has 154 valence electrons. The third kappa shape index (κ3) is 2.88. The summed E-state index contributed by atoms with van der Waals surface area (Å²) in [6.07, 6.45) is 4.33. The quantitative estimate of drug-likeness (QED) is 0.689. The second kappa shape index (κ2) is 6.39. The molecule has 0 aromatic carbocycles. The predicted octanol–water partition coefficient (Wildman–Crippen LogP) is 4.24. The van der Waals surface area contributed by atoms with Gasteiger partial charge in [0.15, 0.2) is 0 Å². The van der Waals surface area contributed by atoms with Gasteiger partial charge >= 0.3 is 0 Å². The highest BCUT2D eigenvalue weighted by Crippen LogP contribution is 2.50. The molecule has 0 bridgehead atoms. The van der Waals surface area contributed by atoms with Crippen molar-refractivity contribution in [1.29, 1.82) is 0 Å². The highest BCUT2D eigenvalue weighted by atomic mass is 16.3. The van der Waals surface area contributed by atoms with Crippen molar-refractivity contribution >= 4 is 11.6 Å². The normalized spacial score (nSPS) is 22.2. The Labute approximate surface area is 175 Å². The highest BCUT2D eigenvalue weighted by Gasteiger charge is 2.47. The summed E-state index contributed by atoms with van der Waals surface area (Å²) in [5, 5.41) is 8.30. The van der Waals surface area contributed by atoms with Gasteiger partial charge in [0.05, 0.1) is 23.8 Å². The van der Waals surface area contributed by atoms with Crippen molar-refractivity contribution in [2.45, 2.75) is 47.0 Å². The number of Topliss-reactive ketones (excluding diaryl/α,β-unsaturated/α-hetero) is 1. The lowest BCUT2D eigenvalue weighted by Crippen LogP contribution is -2.39. The van der Waals surface area contributed by atoms with Gasteiger partial charge in [-0.25, -0.2) is 9.97 Å². The summed E-state index contributed by atoms with van der Waals surface area (Å²) in [6, 6.07) is 5.74. The number of nitrogens with zero attached hydrogens (tertiary/aromatic N) is 4. The molecule has 5 rings (SSSR count). The molecular weight excluding hydrogens is 378 g/mol. The maximum atomic E-state index is 13.3. The van der Waals surface area contributed by atoms with Crippen molar-refractivity contribution < 1.29 is 9.21 Å². The third-order valence-electron chi connectivity index (χ3n) is 5.88. The van der Waals surface area contributed by atoms with Crippen LogP contribution in [-0.2, 0) is 4.79 Å². The van der Waals surface area contributed by atoms with E-state index in [-0.39, 0.29) is 23.0 Å². The van der Waals surface area contributed by atoms with Gasteiger partial charge in [0.1, 0.15) is 17.4 Å². The Morgan fingerprint density at radius 3 is 2.57 bits per heavy atom. The van der Waals surface area contributed by atoms with Crippen LogP contribution in [0.15, 0.2) is 40.7 Å². The van der Waals surface area contributed by atoms with E-state index in [4.69, 9.17) is 9.52 Å². The Hall–Kier alpha value is -3.22. The summed E-state index contributed by atoms with van der Waals surface area (Å²) in [7, 11) is 0. The standard InChI is InChI=1S/C23H25N5O2/c1-12-9-13(2)25-22(24-12)28-21-18(14(3)27-28)20(17-7-6-8-30-17)19-15(26-21)10-23(4,5)11-16(19)29/h6-10,19-20,26H,11H2,1-5H3/t19-,20+/m0/s1. The van der Waals surface area contributed by atoms with E-state index in [1.807, 2.05) is 39.0 Å². The molecule has 3 aromatic rings. The molecule has 7 nitrogen and oxygen atoms in total. The summed E-state index contributed by atoms with van der Waals surface area (Å²) in [5.41, 5.74) is 4.24. The first-order chi connectivity index (χ1) is 14.2. The zero-order valence-corrected chi connectivity index (χ0v) is 17.9. The van der Waals surface area contributed by atoms with E-state index in [0.717, 1.165) is 39.9 Å². The van der Waals surface area contributed by atoms with Crippen LogP contribution in [0.4, 0.5) is 5.82 Å². The first-order valence-corrected chi connectivity index (χ1v) is 10.2. The molecule has 1 aliphatic carbocycles. The smallest absolute Gasteiger partial charge is 0.252 e. The third-order valence-corrected chi connectivity index (χ3v) is 5.88. The lowest BCUT2D eigenvalue weighted by molar-refractivity contribution is -0.124. The fraction of sp³-hybridized carbons (Fsp3) is 0.391. The van der Waals surface area contributed by atoms with Gasteiger partial charge in [0.2, 0.25) is 0 Å². The predicted molar refractivity (Wildman–Crippen MR) is 113 cm³/mol. The number of anilines is 1. The number of nitrogens with one attached hydrogen (secondary N) is 1. The molecule has 1 aliphatic heterocycles. The number of carbonyl (C=O) groups is 1. The maximum Gasteiger partial charge on any atom is 0.252 e. The minimum Gasteiger partial charge on any atom is -0.469 e. The van der Waals surface area contributed by atoms with Gasteiger partial charge in [0.25, 0.3) is 5.95 Å². The molecule has 3 aromatic heterocycles. The van der Waals surface area contributed by atoms with Crippen LogP contribution in [0.1, 0.15) is 54.6 Å². The van der Waals surface area contributed by atoms with Crippen molar-refractivity contribution in [3.63, 3.8) is 0 Å². The fourth-order valence-electron chi connectivity index (χ4n) is 4.83. The van der Waals surface area contributed by atoms with Crippen molar-refractivity contribution in [3.05, 3.63) is 64.6 Å². The van der Waals surface area contributed by atoms with Crippen molar-refractivity contribution in [3.8, 4) is 5.95 Å². The molecule has 7 heteroatoms. The number of fused-ring (bicyclic) bond motifs is 2. The first-order valence-electron chi connectivity index (χ1n) is 10.2. The topological polar surface area (TPSA) is 85.8 Å². The minimum atomic E-state index is -0.312. The average Bonchev–Trinajstić information content (AvgIpc) is 3.27. The van der Waals surface area contributed by atoms with E-state index >= 15 is 0 Å². The monoisotopic (exact) mass is 403 g/mol. The Bertz CT molecular complexity index is 1170. The number of aryl methyl sites for hydroxylation is 3. The molecule has 0 saturated carbocycles. The highest BCUT2D eigenvalue weighted by molar-refractivity contribution is 5.90. The number of hydrogen-bond donors (Lipinski definition) is 1. The van der Waals surface area contributed by atoms with Gasteiger partial charge in [-0.05, 0) is 44.4 Å². The summed E-state index contributed by atoms with van der Waals surface area (Å²) in [5.74, 6) is 1.76. The van der Waals surface area contributed by atoms with Crippen molar-refractivity contribution in [1.82, 2.24) is 19.7 Å². The van der Waals surface area contributed by atoms with E-state index < -0.39 is 0 Å². The zero-order valence-electron chi connectivity index (χ0n) is 17.9. The summed E-state index contributed by atoms with van der Waals surface area (Å²) in [6.45, 7) is 10.0. The Morgan fingerprint density at radius 2 is 1.90 bits per heavy atom. The van der Waals surface area contributed by atoms with Crippen molar-refractivity contribution in [2.75, 3.05) is 5.32 Å². The van der Waals surface area contributed by atoms with Crippen LogP contribution < -0.4 is 5.32 Å². The maximum absolute atomic E-state index is 13.3. The average molecular weight is 403 g/mol. The van der Waals surface area contributed by atoms with Crippen LogP contribution >= 0.6 is 0 Å². The molecule has 0 radical (unpaired) electrons. The van der Waals surface area contributed by atoms with E-state index in [1.165, 1.54) is 0 Å². The Balaban J connectivity index is 1.77. The number of carbonyl (C=O) groups excluding carboxylic acids is 1. The fourth-order valence-corrected chi connectivity index (χ4v) is 4.83. The molecule has 4 heterocycles. The van der Waals surface area contributed by atoms with Crippen LogP contribution in [0, 0.1) is 32.1 Å². The van der Waals surface area contributed by atoms with Crippen LogP contribution in [0.2, 0.25) is 0 Å². The number of hydrogen-bond acceptors (Lipinski definition) is 6. The minimum absolute atomic E-state index is 0.211. The molecule has 0 unspecified atom stereocenters. The lowest BCUT2D eigenvalue weighted by Gasteiger charge is -2.39. The van der Waals surface area contributed by atoms with Crippen LogP contribution in [-0.4, -0.2) is 25.5 Å². The van der Waals surface area contributed by atoms with E-state index in [1.54, 1.807) is 10.9 Å². The summed E-state index contributed by atoms with van der Waals surface area (Å²) < 4.78 is 7.57. The zero-order chi connectivity index (χ0) is 21.2. The van der Waals surface area contributed by atoms with Gasteiger partial charge in [-0.15, -0.1) is 0 Å². The van der Waals surface area contributed by atoms with Crippen molar-refractivity contribution in [2.24, 2.45) is 11.3 Å². The number of allylic oxidation sites excluding steroid dienone is 2. The molecule has 2 atom stereocenters. The van der Waals surface area contributed by atoms with E-state index in [9.17, 15) is 4.79 Å². The summed E-state index contributed by atoms with van der Waals surface area (Å²) in [4.78, 5) is 22.5. The molecule has 1 N–H and O–H groups in total. The van der Waals surface area contributed by atoms with Gasteiger partial charge < -0.3 is 9.73 Å². The number of furan rings is 1. The van der Waals surface area contributed by atoms with Gasteiger partial charge in [-0.3, -0.25) is 4.79 Å².